The number of nitrogens with one attached hydrogen (secondary N) is 1. The average molecular weight is 301 g/mol. The van der Waals surface area contributed by atoms with Crippen LogP contribution in [0.4, 0.5) is 5.69 Å². The van der Waals surface area contributed by atoms with Gasteiger partial charge in [0.1, 0.15) is 0 Å². The summed E-state index contributed by atoms with van der Waals surface area (Å²) >= 11 is 0. The molecule has 1 aromatic rings. The number of hydrogen-bond acceptors (Lipinski definition) is 4. The highest BCUT2D eigenvalue weighted by Gasteiger charge is 2.64. The molecular weight excluding hydrogens is 282 g/mol. The Balaban J connectivity index is 1.60. The summed E-state index contributed by atoms with van der Waals surface area (Å²) < 4.78 is 0. The maximum atomic E-state index is 12.2. The van der Waals surface area contributed by atoms with Gasteiger partial charge in [-0.25, -0.2) is 5.43 Å². The van der Waals surface area contributed by atoms with E-state index in [2.05, 4.69) is 17.5 Å². The standard InChI is InChI=1S/C16H19N3O3/c1-16-8-3-2-7-13(16)14(16)15(20)18-17-10-11-5-4-6-12(9-11)19(21)22/h4-6,9-10,13-14H,2-3,7-8H2,1H3,(H,18,20). The molecule has 0 bridgehead atoms. The number of non-ortho nitro benzene ring substituents is 1. The SMILES string of the molecule is CC12CCCCC1C2C(=O)NN=Cc1cccc([N+](=O)[O-])c1. The number of amides is 1. The van der Waals surface area contributed by atoms with Crippen molar-refractivity contribution in [3.8, 4) is 0 Å². The van der Waals surface area contributed by atoms with Crippen LogP contribution in [0.2, 0.25) is 0 Å². The predicted molar refractivity (Wildman–Crippen MR) is 82.4 cm³/mol. The van der Waals surface area contributed by atoms with E-state index < -0.39 is 4.92 Å². The van der Waals surface area contributed by atoms with Gasteiger partial charge in [-0.3, -0.25) is 14.9 Å². The van der Waals surface area contributed by atoms with Gasteiger partial charge in [0.25, 0.3) is 5.69 Å². The molecule has 1 aromatic carbocycles. The fourth-order valence-corrected chi connectivity index (χ4v) is 3.81. The third-order valence-electron chi connectivity index (χ3n) is 5.08. The molecule has 0 heterocycles. The van der Waals surface area contributed by atoms with Crippen molar-refractivity contribution in [2.24, 2.45) is 22.4 Å². The molecular formula is C16H19N3O3. The zero-order valence-corrected chi connectivity index (χ0v) is 12.5. The number of carbonyl (C=O) groups is 1. The van der Waals surface area contributed by atoms with Crippen molar-refractivity contribution in [1.29, 1.82) is 0 Å². The highest BCUT2D eigenvalue weighted by atomic mass is 16.6. The van der Waals surface area contributed by atoms with E-state index in [0.717, 1.165) is 12.8 Å². The first-order valence-corrected chi connectivity index (χ1v) is 7.60. The molecule has 2 aliphatic rings. The third-order valence-corrected chi connectivity index (χ3v) is 5.08. The van der Waals surface area contributed by atoms with Crippen LogP contribution in [0.15, 0.2) is 29.4 Å². The van der Waals surface area contributed by atoms with Gasteiger partial charge in [-0.2, -0.15) is 5.10 Å². The monoisotopic (exact) mass is 301 g/mol. The summed E-state index contributed by atoms with van der Waals surface area (Å²) in [5, 5.41) is 14.6. The zero-order valence-electron chi connectivity index (χ0n) is 12.5. The first-order chi connectivity index (χ1) is 10.5. The predicted octanol–water partition coefficient (Wildman–Crippen LogP) is 2.87. The lowest BCUT2D eigenvalue weighted by molar-refractivity contribution is -0.384. The summed E-state index contributed by atoms with van der Waals surface area (Å²) in [6.07, 6.45) is 6.10. The van der Waals surface area contributed by atoms with E-state index in [9.17, 15) is 14.9 Å². The second-order valence-electron chi connectivity index (χ2n) is 6.42. The molecule has 2 saturated carbocycles. The number of nitro groups is 1. The Kier molecular flexibility index (Phi) is 3.68. The Morgan fingerprint density at radius 1 is 1.50 bits per heavy atom. The molecule has 0 aromatic heterocycles. The molecule has 0 aliphatic heterocycles. The van der Waals surface area contributed by atoms with Crippen LogP contribution in [-0.2, 0) is 4.79 Å². The maximum absolute atomic E-state index is 12.2. The summed E-state index contributed by atoms with van der Waals surface area (Å²) in [6, 6.07) is 6.15. The molecule has 1 amide bonds. The van der Waals surface area contributed by atoms with Crippen molar-refractivity contribution in [1.82, 2.24) is 5.43 Å². The van der Waals surface area contributed by atoms with Crippen LogP contribution in [0.3, 0.4) is 0 Å². The van der Waals surface area contributed by atoms with Gasteiger partial charge in [-0.1, -0.05) is 31.9 Å². The Morgan fingerprint density at radius 2 is 2.32 bits per heavy atom. The topological polar surface area (TPSA) is 84.6 Å². The normalized spacial score (nSPS) is 29.9. The van der Waals surface area contributed by atoms with Gasteiger partial charge < -0.3 is 0 Å². The number of rotatable bonds is 4. The van der Waals surface area contributed by atoms with E-state index in [1.807, 2.05) is 0 Å². The van der Waals surface area contributed by atoms with Crippen LogP contribution in [-0.4, -0.2) is 17.0 Å². The van der Waals surface area contributed by atoms with Crippen molar-refractivity contribution in [3.05, 3.63) is 39.9 Å². The molecule has 116 valence electrons. The van der Waals surface area contributed by atoms with Gasteiger partial charge in [0, 0.05) is 23.6 Å². The number of fused-ring (bicyclic) bond motifs is 1. The molecule has 0 saturated heterocycles. The molecule has 0 spiro atoms. The van der Waals surface area contributed by atoms with E-state index in [0.29, 0.717) is 11.5 Å². The zero-order chi connectivity index (χ0) is 15.7. The number of benzene rings is 1. The minimum absolute atomic E-state index is 0.0102. The minimum atomic E-state index is -0.453. The van der Waals surface area contributed by atoms with Gasteiger partial charge in [-0.15, -0.1) is 0 Å². The van der Waals surface area contributed by atoms with Crippen molar-refractivity contribution < 1.29 is 9.72 Å². The van der Waals surface area contributed by atoms with Crippen LogP contribution in [0.25, 0.3) is 0 Å². The summed E-state index contributed by atoms with van der Waals surface area (Å²) in [4.78, 5) is 22.5. The van der Waals surface area contributed by atoms with Crippen LogP contribution in [0.5, 0.6) is 0 Å². The number of carbonyl (C=O) groups excluding carboxylic acids is 1. The summed E-state index contributed by atoms with van der Waals surface area (Å²) in [7, 11) is 0. The van der Waals surface area contributed by atoms with Crippen LogP contribution >= 0.6 is 0 Å². The molecule has 6 heteroatoms. The molecule has 6 nitrogen and oxygen atoms in total. The molecule has 2 fully saturated rings. The van der Waals surface area contributed by atoms with Crippen LogP contribution in [0.1, 0.15) is 38.2 Å². The van der Waals surface area contributed by atoms with E-state index in [1.54, 1.807) is 12.1 Å². The second kappa shape index (κ2) is 5.51. The molecule has 3 atom stereocenters. The van der Waals surface area contributed by atoms with Crippen molar-refractivity contribution in [2.45, 2.75) is 32.6 Å². The van der Waals surface area contributed by atoms with E-state index in [1.165, 1.54) is 31.2 Å². The number of hydrogen-bond donors (Lipinski definition) is 1. The first kappa shape index (κ1) is 14.7. The van der Waals surface area contributed by atoms with Gasteiger partial charge in [0.05, 0.1) is 11.1 Å². The fourth-order valence-electron chi connectivity index (χ4n) is 3.81. The van der Waals surface area contributed by atoms with Crippen LogP contribution < -0.4 is 5.43 Å². The lowest BCUT2D eigenvalue weighted by Crippen LogP contribution is -2.22. The van der Waals surface area contributed by atoms with Crippen molar-refractivity contribution >= 4 is 17.8 Å². The number of nitrogens with zero attached hydrogens (tertiary/aromatic N) is 2. The van der Waals surface area contributed by atoms with Crippen molar-refractivity contribution in [2.75, 3.05) is 0 Å². The smallest absolute Gasteiger partial charge is 0.270 e. The van der Waals surface area contributed by atoms with Gasteiger partial charge in [0.2, 0.25) is 5.91 Å². The summed E-state index contributed by atoms with van der Waals surface area (Å²) in [5.74, 6) is 0.530. The Labute approximate surface area is 128 Å². The summed E-state index contributed by atoms with van der Waals surface area (Å²) in [5.41, 5.74) is 3.34. The molecule has 22 heavy (non-hydrogen) atoms. The second-order valence-corrected chi connectivity index (χ2v) is 6.42. The third kappa shape index (κ3) is 2.61. The maximum Gasteiger partial charge on any atom is 0.270 e. The number of nitro benzene ring substituents is 1. The molecule has 3 rings (SSSR count). The molecule has 1 N–H and O–H groups in total. The lowest BCUT2D eigenvalue weighted by Gasteiger charge is -2.15. The molecule has 0 radical (unpaired) electrons. The molecule has 3 unspecified atom stereocenters. The van der Waals surface area contributed by atoms with Gasteiger partial charge in [-0.05, 0) is 24.2 Å². The fraction of sp³-hybridized carbons (Fsp3) is 0.500. The summed E-state index contributed by atoms with van der Waals surface area (Å²) in [6.45, 7) is 2.19. The lowest BCUT2D eigenvalue weighted by atomic mass is 9.90. The minimum Gasteiger partial charge on any atom is -0.273 e. The first-order valence-electron chi connectivity index (χ1n) is 7.60. The Bertz CT molecular complexity index is 643. The van der Waals surface area contributed by atoms with E-state index in [-0.39, 0.29) is 22.9 Å². The largest absolute Gasteiger partial charge is 0.273 e. The molecule has 2 aliphatic carbocycles. The quantitative estimate of drug-likeness (QED) is 0.527. The highest BCUT2D eigenvalue weighted by Crippen LogP contribution is 2.66. The highest BCUT2D eigenvalue weighted by molar-refractivity contribution is 5.86. The Morgan fingerprint density at radius 3 is 3.00 bits per heavy atom. The van der Waals surface area contributed by atoms with E-state index >= 15 is 0 Å². The van der Waals surface area contributed by atoms with E-state index in [4.69, 9.17) is 0 Å². The van der Waals surface area contributed by atoms with Gasteiger partial charge >= 0.3 is 0 Å². The van der Waals surface area contributed by atoms with Crippen molar-refractivity contribution in [3.63, 3.8) is 0 Å². The average Bonchev–Trinajstić information content (AvgIpc) is 3.13. The van der Waals surface area contributed by atoms with Crippen LogP contribution in [0, 0.1) is 27.4 Å². The Hall–Kier alpha value is -2.24. The number of hydrazone groups is 1. The van der Waals surface area contributed by atoms with Gasteiger partial charge in [0.15, 0.2) is 0 Å².